The molecule has 0 N–H and O–H groups in total. The number of rotatable bonds is 6. The predicted octanol–water partition coefficient (Wildman–Crippen LogP) is 5.56. The van der Waals surface area contributed by atoms with Gasteiger partial charge < -0.3 is 4.57 Å². The molecular formula is C16H21ClFIN2. The molecule has 2 aromatic rings. The van der Waals surface area contributed by atoms with Crippen LogP contribution in [0.3, 0.4) is 0 Å². The monoisotopic (exact) mass is 422 g/mol. The number of hydrogen-bond donors (Lipinski definition) is 0. The number of fused-ring (bicyclic) bond motifs is 1. The molecule has 0 aliphatic rings. The highest BCUT2D eigenvalue weighted by Gasteiger charge is 2.17. The fourth-order valence-electron chi connectivity index (χ4n) is 2.60. The second kappa shape index (κ2) is 7.27. The van der Waals surface area contributed by atoms with Crippen LogP contribution in [0.5, 0.6) is 0 Å². The molecule has 0 radical (unpaired) electrons. The molecule has 0 amide bonds. The fourth-order valence-corrected chi connectivity index (χ4v) is 3.22. The SMILES string of the molecule is CC(C)CCC(C)n1c(CCCl)nc2cc(I)c(F)cc21. The van der Waals surface area contributed by atoms with Gasteiger partial charge in [0.05, 0.1) is 14.6 Å². The van der Waals surface area contributed by atoms with Gasteiger partial charge in [0.1, 0.15) is 11.6 Å². The number of hydrogen-bond acceptors (Lipinski definition) is 1. The lowest BCUT2D eigenvalue weighted by Gasteiger charge is -2.18. The minimum Gasteiger partial charge on any atom is -0.325 e. The van der Waals surface area contributed by atoms with E-state index in [1.165, 1.54) is 0 Å². The van der Waals surface area contributed by atoms with Crippen molar-refractivity contribution in [2.75, 3.05) is 5.88 Å². The number of imidazole rings is 1. The highest BCUT2D eigenvalue weighted by Crippen LogP contribution is 2.28. The van der Waals surface area contributed by atoms with Gasteiger partial charge in [-0.2, -0.15) is 0 Å². The molecule has 1 heterocycles. The number of benzene rings is 1. The van der Waals surface area contributed by atoms with Crippen molar-refractivity contribution in [2.24, 2.45) is 5.92 Å². The zero-order valence-electron chi connectivity index (χ0n) is 12.7. The summed E-state index contributed by atoms with van der Waals surface area (Å²) in [6.07, 6.45) is 2.92. The van der Waals surface area contributed by atoms with E-state index in [2.05, 4.69) is 30.3 Å². The summed E-state index contributed by atoms with van der Waals surface area (Å²) < 4.78 is 16.7. The van der Waals surface area contributed by atoms with Crippen LogP contribution in [-0.4, -0.2) is 15.4 Å². The molecule has 0 aliphatic heterocycles. The van der Waals surface area contributed by atoms with Crippen LogP contribution >= 0.6 is 34.2 Å². The molecule has 21 heavy (non-hydrogen) atoms. The highest BCUT2D eigenvalue weighted by molar-refractivity contribution is 14.1. The average molecular weight is 423 g/mol. The van der Waals surface area contributed by atoms with Crippen LogP contribution in [0.4, 0.5) is 4.39 Å². The fraction of sp³-hybridized carbons (Fsp3) is 0.562. The van der Waals surface area contributed by atoms with Gasteiger partial charge in [-0.05, 0) is 54.3 Å². The van der Waals surface area contributed by atoms with Gasteiger partial charge in [-0.1, -0.05) is 13.8 Å². The van der Waals surface area contributed by atoms with Gasteiger partial charge in [0.15, 0.2) is 0 Å². The van der Waals surface area contributed by atoms with Crippen molar-refractivity contribution in [3.8, 4) is 0 Å². The zero-order valence-corrected chi connectivity index (χ0v) is 15.6. The van der Waals surface area contributed by atoms with Gasteiger partial charge in [0, 0.05) is 24.4 Å². The van der Waals surface area contributed by atoms with E-state index in [4.69, 9.17) is 11.6 Å². The number of alkyl halides is 1. The topological polar surface area (TPSA) is 17.8 Å². The van der Waals surface area contributed by atoms with Gasteiger partial charge in [0.2, 0.25) is 0 Å². The van der Waals surface area contributed by atoms with Crippen LogP contribution in [-0.2, 0) is 6.42 Å². The molecule has 0 saturated heterocycles. The second-order valence-electron chi connectivity index (χ2n) is 5.91. The molecule has 0 bridgehead atoms. The van der Waals surface area contributed by atoms with E-state index in [1.54, 1.807) is 6.07 Å². The Morgan fingerprint density at radius 3 is 2.62 bits per heavy atom. The van der Waals surface area contributed by atoms with Crippen LogP contribution in [0.2, 0.25) is 0 Å². The summed E-state index contributed by atoms with van der Waals surface area (Å²) in [5.41, 5.74) is 1.74. The van der Waals surface area contributed by atoms with E-state index in [1.807, 2.05) is 28.7 Å². The summed E-state index contributed by atoms with van der Waals surface area (Å²) in [5.74, 6) is 1.96. The average Bonchev–Trinajstić information content (AvgIpc) is 2.74. The summed E-state index contributed by atoms with van der Waals surface area (Å²) in [7, 11) is 0. The molecule has 1 aromatic heterocycles. The Morgan fingerprint density at radius 1 is 1.29 bits per heavy atom. The molecule has 1 aromatic carbocycles. The summed E-state index contributed by atoms with van der Waals surface area (Å²) in [5, 5.41) is 0. The third kappa shape index (κ3) is 3.89. The third-order valence-corrected chi connectivity index (χ3v) is 4.74. The van der Waals surface area contributed by atoms with Crippen molar-refractivity contribution in [3.05, 3.63) is 27.3 Å². The molecule has 2 nitrogen and oxygen atoms in total. The van der Waals surface area contributed by atoms with Gasteiger partial charge in [0.25, 0.3) is 0 Å². The third-order valence-electron chi connectivity index (χ3n) is 3.73. The van der Waals surface area contributed by atoms with Crippen molar-refractivity contribution >= 4 is 45.2 Å². The van der Waals surface area contributed by atoms with Crippen LogP contribution in [0.25, 0.3) is 11.0 Å². The first kappa shape index (κ1) is 17.0. The standard InChI is InChI=1S/C16H21ClFIN2/c1-10(2)4-5-11(3)21-15-8-12(18)13(19)9-14(15)20-16(21)6-7-17/h8-11H,4-7H2,1-3H3. The maximum absolute atomic E-state index is 13.9. The van der Waals surface area contributed by atoms with Crippen molar-refractivity contribution in [1.29, 1.82) is 0 Å². The van der Waals surface area contributed by atoms with Crippen LogP contribution < -0.4 is 0 Å². The van der Waals surface area contributed by atoms with Gasteiger partial charge in [-0.3, -0.25) is 0 Å². The summed E-state index contributed by atoms with van der Waals surface area (Å²) in [6, 6.07) is 3.72. The first-order chi connectivity index (χ1) is 9.93. The molecular weight excluding hydrogens is 402 g/mol. The van der Waals surface area contributed by atoms with Gasteiger partial charge in [-0.25, -0.2) is 9.37 Å². The van der Waals surface area contributed by atoms with E-state index < -0.39 is 0 Å². The molecule has 0 aliphatic carbocycles. The van der Waals surface area contributed by atoms with Gasteiger partial charge in [-0.15, -0.1) is 11.6 Å². The molecule has 0 fully saturated rings. The molecule has 2 rings (SSSR count). The van der Waals surface area contributed by atoms with E-state index >= 15 is 0 Å². The maximum atomic E-state index is 13.9. The molecule has 1 atom stereocenters. The normalized spacial score (nSPS) is 13.3. The molecule has 116 valence electrons. The Kier molecular flexibility index (Phi) is 5.88. The minimum absolute atomic E-state index is 0.183. The first-order valence-electron chi connectivity index (χ1n) is 7.35. The Hall–Kier alpha value is -0.360. The number of halogens is 3. The number of aromatic nitrogens is 2. The van der Waals surface area contributed by atoms with E-state index in [-0.39, 0.29) is 5.82 Å². The van der Waals surface area contributed by atoms with Crippen molar-refractivity contribution < 1.29 is 4.39 Å². The van der Waals surface area contributed by atoms with Crippen LogP contribution in [0, 0.1) is 15.3 Å². The predicted molar refractivity (Wildman–Crippen MR) is 95.6 cm³/mol. The van der Waals surface area contributed by atoms with Crippen molar-refractivity contribution in [2.45, 2.75) is 46.1 Å². The maximum Gasteiger partial charge on any atom is 0.138 e. The molecule has 1 unspecified atom stereocenters. The Balaban J connectivity index is 2.47. The van der Waals surface area contributed by atoms with E-state index in [0.29, 0.717) is 27.8 Å². The molecule has 0 saturated carbocycles. The minimum atomic E-state index is -0.183. The lowest BCUT2D eigenvalue weighted by molar-refractivity contribution is 0.437. The Bertz CT molecular complexity index is 624. The molecule has 5 heteroatoms. The summed E-state index contributed by atoms with van der Waals surface area (Å²) in [6.45, 7) is 6.62. The Labute approximate surface area is 144 Å². The summed E-state index contributed by atoms with van der Waals surface area (Å²) in [4.78, 5) is 4.66. The van der Waals surface area contributed by atoms with Crippen LogP contribution in [0.15, 0.2) is 12.1 Å². The van der Waals surface area contributed by atoms with Crippen molar-refractivity contribution in [1.82, 2.24) is 9.55 Å². The van der Waals surface area contributed by atoms with Crippen molar-refractivity contribution in [3.63, 3.8) is 0 Å². The second-order valence-corrected chi connectivity index (χ2v) is 7.45. The highest BCUT2D eigenvalue weighted by atomic mass is 127. The molecule has 0 spiro atoms. The van der Waals surface area contributed by atoms with Gasteiger partial charge >= 0.3 is 0 Å². The first-order valence-corrected chi connectivity index (χ1v) is 8.97. The van der Waals surface area contributed by atoms with E-state index in [0.717, 1.165) is 29.7 Å². The smallest absolute Gasteiger partial charge is 0.138 e. The summed E-state index contributed by atoms with van der Waals surface area (Å²) >= 11 is 7.91. The number of aryl methyl sites for hydroxylation is 1. The van der Waals surface area contributed by atoms with E-state index in [9.17, 15) is 4.39 Å². The Morgan fingerprint density at radius 2 is 2.00 bits per heavy atom. The lowest BCUT2D eigenvalue weighted by atomic mass is 10.0. The lowest BCUT2D eigenvalue weighted by Crippen LogP contribution is -2.11. The zero-order chi connectivity index (χ0) is 15.6. The van der Waals surface area contributed by atoms with Crippen LogP contribution in [0.1, 0.15) is 45.5 Å². The largest absolute Gasteiger partial charge is 0.325 e. The number of nitrogens with zero attached hydrogens (tertiary/aromatic N) is 2. The quantitative estimate of drug-likeness (QED) is 0.440.